The smallest absolute Gasteiger partial charge is 0.251 e. The van der Waals surface area contributed by atoms with Crippen LogP contribution >= 0.6 is 0 Å². The number of carbonyl (C=O) groups is 3. The third-order valence-corrected chi connectivity index (χ3v) is 4.09. The summed E-state index contributed by atoms with van der Waals surface area (Å²) in [5.41, 5.74) is 1.42. The molecule has 124 valence electrons. The average Bonchev–Trinajstić information content (AvgIpc) is 3.01. The molecule has 0 aliphatic carbocycles. The van der Waals surface area contributed by atoms with Crippen molar-refractivity contribution in [2.24, 2.45) is 0 Å². The fourth-order valence-corrected chi connectivity index (χ4v) is 2.80. The van der Waals surface area contributed by atoms with E-state index in [9.17, 15) is 14.4 Å². The molecule has 2 rings (SSSR count). The second-order valence-electron chi connectivity index (χ2n) is 5.98. The molecule has 3 amide bonds. The monoisotopic (exact) mass is 317 g/mol. The summed E-state index contributed by atoms with van der Waals surface area (Å²) in [6.45, 7) is 2.32. The number of aryl methyl sites for hydroxylation is 1. The standard InChI is InChI=1S/C17H23N3O3/c1-12-7-4-5-8-13(12)16(22)18-11-15(21)20-10-6-9-14(20)17(23)19(2)3/h4-5,7-8,14H,6,9-11H2,1-3H3,(H,18,22). The Bertz CT molecular complexity index is 613. The van der Waals surface area contributed by atoms with Gasteiger partial charge in [0.25, 0.3) is 5.91 Å². The van der Waals surface area contributed by atoms with Gasteiger partial charge in [0.1, 0.15) is 6.04 Å². The molecule has 1 saturated heterocycles. The van der Waals surface area contributed by atoms with E-state index in [0.29, 0.717) is 18.5 Å². The van der Waals surface area contributed by atoms with Gasteiger partial charge in [0.05, 0.1) is 6.54 Å². The maximum atomic E-state index is 12.3. The van der Waals surface area contributed by atoms with Crippen molar-refractivity contribution in [2.75, 3.05) is 27.2 Å². The molecule has 1 N–H and O–H groups in total. The van der Waals surface area contributed by atoms with Gasteiger partial charge >= 0.3 is 0 Å². The van der Waals surface area contributed by atoms with Gasteiger partial charge in [-0.1, -0.05) is 18.2 Å². The summed E-state index contributed by atoms with van der Waals surface area (Å²) in [6.07, 6.45) is 1.48. The van der Waals surface area contributed by atoms with Crippen LogP contribution in [0.3, 0.4) is 0 Å². The normalized spacial score (nSPS) is 17.0. The summed E-state index contributed by atoms with van der Waals surface area (Å²) < 4.78 is 0. The van der Waals surface area contributed by atoms with Crippen LogP contribution in [0.4, 0.5) is 0 Å². The molecule has 23 heavy (non-hydrogen) atoms. The average molecular weight is 317 g/mol. The molecule has 6 heteroatoms. The number of likely N-dealkylation sites (N-methyl/N-ethyl adjacent to an activating group) is 1. The largest absolute Gasteiger partial charge is 0.347 e. The van der Waals surface area contributed by atoms with Crippen LogP contribution in [0.15, 0.2) is 24.3 Å². The van der Waals surface area contributed by atoms with Crippen molar-refractivity contribution in [3.8, 4) is 0 Å². The second kappa shape index (κ2) is 7.26. The van der Waals surface area contributed by atoms with E-state index < -0.39 is 6.04 Å². The number of hydrogen-bond donors (Lipinski definition) is 1. The van der Waals surface area contributed by atoms with E-state index in [4.69, 9.17) is 0 Å². The van der Waals surface area contributed by atoms with E-state index >= 15 is 0 Å². The van der Waals surface area contributed by atoms with Crippen LogP contribution in [0.1, 0.15) is 28.8 Å². The molecule has 1 unspecified atom stereocenters. The lowest BCUT2D eigenvalue weighted by molar-refractivity contribution is -0.141. The van der Waals surface area contributed by atoms with Crippen molar-refractivity contribution in [3.05, 3.63) is 35.4 Å². The van der Waals surface area contributed by atoms with Gasteiger partial charge in [-0.3, -0.25) is 14.4 Å². The van der Waals surface area contributed by atoms with Crippen molar-refractivity contribution >= 4 is 17.7 Å². The highest BCUT2D eigenvalue weighted by atomic mass is 16.2. The topological polar surface area (TPSA) is 69.7 Å². The molecule has 1 fully saturated rings. The SMILES string of the molecule is Cc1ccccc1C(=O)NCC(=O)N1CCCC1C(=O)N(C)C. The minimum absolute atomic E-state index is 0.0684. The first-order valence-electron chi connectivity index (χ1n) is 7.76. The third-order valence-electron chi connectivity index (χ3n) is 4.09. The number of likely N-dealkylation sites (tertiary alicyclic amines) is 1. The minimum Gasteiger partial charge on any atom is -0.347 e. The van der Waals surface area contributed by atoms with Crippen LogP contribution in [0, 0.1) is 6.92 Å². The molecule has 6 nitrogen and oxygen atoms in total. The number of carbonyl (C=O) groups excluding carboxylic acids is 3. The van der Waals surface area contributed by atoms with E-state index in [1.807, 2.05) is 19.1 Å². The Kier molecular flexibility index (Phi) is 5.36. The summed E-state index contributed by atoms with van der Waals surface area (Å²) in [7, 11) is 3.37. The maximum absolute atomic E-state index is 12.3. The Morgan fingerprint density at radius 3 is 2.61 bits per heavy atom. The molecule has 1 aliphatic rings. The summed E-state index contributed by atoms with van der Waals surface area (Å²) in [4.78, 5) is 39.7. The lowest BCUT2D eigenvalue weighted by Crippen LogP contribution is -2.48. The van der Waals surface area contributed by atoms with Gasteiger partial charge in [-0.2, -0.15) is 0 Å². The zero-order valence-electron chi connectivity index (χ0n) is 13.8. The molecular formula is C17H23N3O3. The first-order chi connectivity index (χ1) is 10.9. The van der Waals surface area contributed by atoms with Crippen LogP contribution in [-0.4, -0.2) is 60.7 Å². The predicted octanol–water partition coefficient (Wildman–Crippen LogP) is 0.804. The molecule has 0 aromatic heterocycles. The third kappa shape index (κ3) is 3.88. The first kappa shape index (κ1) is 17.0. The summed E-state index contributed by atoms with van der Waals surface area (Å²) >= 11 is 0. The van der Waals surface area contributed by atoms with Gasteiger partial charge < -0.3 is 15.1 Å². The van der Waals surface area contributed by atoms with Crippen LogP contribution in [-0.2, 0) is 9.59 Å². The number of amides is 3. The zero-order valence-corrected chi connectivity index (χ0v) is 13.8. The van der Waals surface area contributed by atoms with Gasteiger partial charge in [-0.05, 0) is 31.4 Å². The van der Waals surface area contributed by atoms with E-state index in [1.165, 1.54) is 4.90 Å². The fraction of sp³-hybridized carbons (Fsp3) is 0.471. The van der Waals surface area contributed by atoms with Crippen LogP contribution < -0.4 is 5.32 Å². The van der Waals surface area contributed by atoms with Gasteiger partial charge in [0.15, 0.2) is 0 Å². The van der Waals surface area contributed by atoms with Crippen molar-refractivity contribution in [3.63, 3.8) is 0 Å². The van der Waals surface area contributed by atoms with E-state index in [2.05, 4.69) is 5.32 Å². The number of hydrogen-bond acceptors (Lipinski definition) is 3. The van der Waals surface area contributed by atoms with Crippen molar-refractivity contribution in [2.45, 2.75) is 25.8 Å². The second-order valence-corrected chi connectivity index (χ2v) is 5.98. The maximum Gasteiger partial charge on any atom is 0.251 e. The van der Waals surface area contributed by atoms with Gasteiger partial charge in [0.2, 0.25) is 11.8 Å². The van der Waals surface area contributed by atoms with E-state index in [-0.39, 0.29) is 24.3 Å². The van der Waals surface area contributed by atoms with Crippen LogP contribution in [0.5, 0.6) is 0 Å². The molecule has 1 aromatic rings. The quantitative estimate of drug-likeness (QED) is 0.893. The molecule has 0 spiro atoms. The number of rotatable bonds is 4. The van der Waals surface area contributed by atoms with Crippen LogP contribution in [0.25, 0.3) is 0 Å². The van der Waals surface area contributed by atoms with Gasteiger partial charge in [-0.25, -0.2) is 0 Å². The van der Waals surface area contributed by atoms with Gasteiger partial charge in [0, 0.05) is 26.2 Å². The Hall–Kier alpha value is -2.37. The van der Waals surface area contributed by atoms with Crippen LogP contribution in [0.2, 0.25) is 0 Å². The lowest BCUT2D eigenvalue weighted by atomic mass is 10.1. The van der Waals surface area contributed by atoms with Crippen molar-refractivity contribution in [1.29, 1.82) is 0 Å². The predicted molar refractivity (Wildman–Crippen MR) is 86.9 cm³/mol. The molecule has 0 bridgehead atoms. The van der Waals surface area contributed by atoms with E-state index in [0.717, 1.165) is 12.0 Å². The molecule has 1 heterocycles. The highest BCUT2D eigenvalue weighted by Crippen LogP contribution is 2.18. The molecular weight excluding hydrogens is 294 g/mol. The summed E-state index contributed by atoms with van der Waals surface area (Å²) in [6, 6.07) is 6.81. The number of nitrogens with zero attached hydrogens (tertiary/aromatic N) is 2. The molecule has 0 saturated carbocycles. The molecule has 0 radical (unpaired) electrons. The Balaban J connectivity index is 1.95. The Labute approximate surface area is 136 Å². The lowest BCUT2D eigenvalue weighted by Gasteiger charge is -2.26. The van der Waals surface area contributed by atoms with E-state index in [1.54, 1.807) is 31.1 Å². The highest BCUT2D eigenvalue weighted by Gasteiger charge is 2.34. The summed E-state index contributed by atoms with van der Waals surface area (Å²) in [5.74, 6) is -0.558. The van der Waals surface area contributed by atoms with Crippen molar-refractivity contribution in [1.82, 2.24) is 15.1 Å². The minimum atomic E-state index is -0.409. The molecule has 1 atom stereocenters. The molecule has 1 aromatic carbocycles. The Morgan fingerprint density at radius 2 is 1.96 bits per heavy atom. The zero-order chi connectivity index (χ0) is 17.0. The number of nitrogens with one attached hydrogen (secondary N) is 1. The van der Waals surface area contributed by atoms with Crippen molar-refractivity contribution < 1.29 is 14.4 Å². The highest BCUT2D eigenvalue weighted by molar-refractivity contribution is 5.98. The number of benzene rings is 1. The Morgan fingerprint density at radius 1 is 1.26 bits per heavy atom. The molecule has 1 aliphatic heterocycles. The van der Waals surface area contributed by atoms with Gasteiger partial charge in [-0.15, -0.1) is 0 Å². The fourth-order valence-electron chi connectivity index (χ4n) is 2.80. The first-order valence-corrected chi connectivity index (χ1v) is 7.76. The summed E-state index contributed by atoms with van der Waals surface area (Å²) in [5, 5.41) is 2.65.